The summed E-state index contributed by atoms with van der Waals surface area (Å²) in [6.07, 6.45) is 0. The first-order valence-electron chi connectivity index (χ1n) is 9.62. The number of rotatable bonds is 8. The summed E-state index contributed by atoms with van der Waals surface area (Å²) < 4.78 is 16.3. The summed E-state index contributed by atoms with van der Waals surface area (Å²) in [4.78, 5) is 16.5. The SMILES string of the molecule is COc1ccc(NC(=O)CSCc2ccc(-c3nc(-c4cccc(C)c4)no3)o2)cc1. The van der Waals surface area contributed by atoms with Crippen LogP contribution in [0.15, 0.2) is 69.6 Å². The number of aryl methyl sites for hydroxylation is 1. The van der Waals surface area contributed by atoms with Gasteiger partial charge in [-0.25, -0.2) is 0 Å². The van der Waals surface area contributed by atoms with Gasteiger partial charge in [0, 0.05) is 11.3 Å². The van der Waals surface area contributed by atoms with Gasteiger partial charge in [-0.15, -0.1) is 11.8 Å². The smallest absolute Gasteiger partial charge is 0.293 e. The third-order valence-electron chi connectivity index (χ3n) is 4.43. The van der Waals surface area contributed by atoms with Gasteiger partial charge < -0.3 is 19.0 Å². The van der Waals surface area contributed by atoms with Crippen LogP contribution >= 0.6 is 11.8 Å². The van der Waals surface area contributed by atoms with Gasteiger partial charge in [0.1, 0.15) is 11.5 Å². The molecule has 0 saturated carbocycles. The van der Waals surface area contributed by atoms with Gasteiger partial charge in [-0.2, -0.15) is 4.98 Å². The van der Waals surface area contributed by atoms with Crippen molar-refractivity contribution < 1.29 is 18.5 Å². The fourth-order valence-electron chi connectivity index (χ4n) is 2.91. The van der Waals surface area contributed by atoms with Crippen LogP contribution in [-0.4, -0.2) is 28.9 Å². The first-order chi connectivity index (χ1) is 15.1. The lowest BCUT2D eigenvalue weighted by Gasteiger charge is -2.05. The fraction of sp³-hybridized carbons (Fsp3) is 0.174. The number of ether oxygens (including phenoxy) is 1. The topological polar surface area (TPSA) is 90.4 Å². The molecule has 4 rings (SSSR count). The van der Waals surface area contributed by atoms with E-state index >= 15 is 0 Å². The van der Waals surface area contributed by atoms with E-state index < -0.39 is 0 Å². The number of thioether (sulfide) groups is 1. The molecule has 158 valence electrons. The van der Waals surface area contributed by atoms with Crippen molar-refractivity contribution in [2.75, 3.05) is 18.2 Å². The molecule has 0 unspecified atom stereocenters. The molecule has 31 heavy (non-hydrogen) atoms. The second-order valence-corrected chi connectivity index (χ2v) is 7.81. The average Bonchev–Trinajstić information content (AvgIpc) is 3.44. The van der Waals surface area contributed by atoms with Crippen molar-refractivity contribution in [1.29, 1.82) is 0 Å². The lowest BCUT2D eigenvalue weighted by atomic mass is 10.1. The Kier molecular flexibility index (Phi) is 6.37. The van der Waals surface area contributed by atoms with Crippen LogP contribution in [0.5, 0.6) is 5.75 Å². The zero-order chi connectivity index (χ0) is 21.6. The van der Waals surface area contributed by atoms with Gasteiger partial charge in [0.2, 0.25) is 11.7 Å². The van der Waals surface area contributed by atoms with E-state index in [2.05, 4.69) is 15.5 Å². The molecule has 0 saturated heterocycles. The highest BCUT2D eigenvalue weighted by Crippen LogP contribution is 2.26. The minimum atomic E-state index is -0.0818. The molecule has 0 aliphatic heterocycles. The van der Waals surface area contributed by atoms with Crippen LogP contribution < -0.4 is 10.1 Å². The Labute approximate surface area is 183 Å². The van der Waals surface area contributed by atoms with Crippen LogP contribution in [0.3, 0.4) is 0 Å². The number of amides is 1. The van der Waals surface area contributed by atoms with Gasteiger partial charge in [0.05, 0.1) is 18.6 Å². The molecule has 1 N–H and O–H groups in total. The third-order valence-corrected chi connectivity index (χ3v) is 5.38. The maximum Gasteiger partial charge on any atom is 0.293 e. The van der Waals surface area contributed by atoms with Gasteiger partial charge in [-0.1, -0.05) is 28.9 Å². The molecule has 1 amide bonds. The predicted molar refractivity (Wildman–Crippen MR) is 120 cm³/mol. The molecule has 7 nitrogen and oxygen atoms in total. The van der Waals surface area contributed by atoms with Crippen molar-refractivity contribution in [3.8, 4) is 28.8 Å². The van der Waals surface area contributed by atoms with Crippen LogP contribution in [0.4, 0.5) is 5.69 Å². The summed E-state index contributed by atoms with van der Waals surface area (Å²) >= 11 is 1.46. The fourth-order valence-corrected chi connectivity index (χ4v) is 3.63. The highest BCUT2D eigenvalue weighted by molar-refractivity contribution is 7.99. The first-order valence-corrected chi connectivity index (χ1v) is 10.8. The number of nitrogens with zero attached hydrogens (tertiary/aromatic N) is 2. The number of benzene rings is 2. The number of aromatic nitrogens is 2. The number of methoxy groups -OCH3 is 1. The van der Waals surface area contributed by atoms with Crippen LogP contribution in [0.25, 0.3) is 23.0 Å². The Morgan fingerprint density at radius 3 is 2.74 bits per heavy atom. The van der Waals surface area contributed by atoms with E-state index in [1.165, 1.54) is 11.8 Å². The predicted octanol–water partition coefficient (Wildman–Crippen LogP) is 5.19. The standard InChI is InChI=1S/C23H21N3O4S/c1-15-4-3-5-16(12-15)22-25-23(30-26-22)20-11-10-19(29-20)13-31-14-21(27)24-17-6-8-18(28-2)9-7-17/h3-12H,13-14H2,1-2H3,(H,24,27). The molecular weight excluding hydrogens is 414 g/mol. The molecule has 4 aromatic rings. The normalized spacial score (nSPS) is 10.8. The second-order valence-electron chi connectivity index (χ2n) is 6.83. The van der Waals surface area contributed by atoms with Gasteiger partial charge >= 0.3 is 0 Å². The lowest BCUT2D eigenvalue weighted by Crippen LogP contribution is -2.14. The van der Waals surface area contributed by atoms with Gasteiger partial charge in [0.25, 0.3) is 5.89 Å². The van der Waals surface area contributed by atoms with Crippen molar-refractivity contribution in [2.45, 2.75) is 12.7 Å². The summed E-state index contributed by atoms with van der Waals surface area (Å²) in [5.74, 6) is 3.59. The van der Waals surface area contributed by atoms with Gasteiger partial charge in [0.15, 0.2) is 5.76 Å². The minimum absolute atomic E-state index is 0.0818. The van der Waals surface area contributed by atoms with Crippen LogP contribution in [0, 0.1) is 6.92 Å². The molecule has 0 spiro atoms. The summed E-state index contributed by atoms with van der Waals surface area (Å²) in [6, 6.07) is 18.7. The summed E-state index contributed by atoms with van der Waals surface area (Å²) in [6.45, 7) is 2.01. The molecule has 0 aliphatic carbocycles. The van der Waals surface area contributed by atoms with E-state index in [9.17, 15) is 4.79 Å². The van der Waals surface area contributed by atoms with Crippen molar-refractivity contribution in [3.63, 3.8) is 0 Å². The Balaban J connectivity index is 1.30. The van der Waals surface area contributed by atoms with Crippen LogP contribution in [0.2, 0.25) is 0 Å². The molecule has 2 aromatic heterocycles. The van der Waals surface area contributed by atoms with E-state index in [4.69, 9.17) is 13.7 Å². The quantitative estimate of drug-likeness (QED) is 0.407. The number of nitrogens with one attached hydrogen (secondary N) is 1. The van der Waals surface area contributed by atoms with Crippen molar-refractivity contribution >= 4 is 23.4 Å². The molecule has 0 radical (unpaired) electrons. The maximum atomic E-state index is 12.1. The van der Waals surface area contributed by atoms with Crippen molar-refractivity contribution in [2.24, 2.45) is 0 Å². The average molecular weight is 436 g/mol. The Bertz CT molecular complexity index is 1170. The molecule has 0 aliphatic rings. The van der Waals surface area contributed by atoms with E-state index in [-0.39, 0.29) is 5.91 Å². The molecule has 0 atom stereocenters. The third kappa shape index (κ3) is 5.35. The Morgan fingerprint density at radius 2 is 1.97 bits per heavy atom. The zero-order valence-electron chi connectivity index (χ0n) is 17.1. The number of hydrogen-bond acceptors (Lipinski definition) is 7. The number of anilines is 1. The Morgan fingerprint density at radius 1 is 1.13 bits per heavy atom. The van der Waals surface area contributed by atoms with Crippen LogP contribution in [-0.2, 0) is 10.5 Å². The number of furan rings is 1. The lowest BCUT2D eigenvalue weighted by molar-refractivity contribution is -0.113. The van der Waals surface area contributed by atoms with Gasteiger partial charge in [-0.3, -0.25) is 4.79 Å². The minimum Gasteiger partial charge on any atom is -0.497 e. The summed E-state index contributed by atoms with van der Waals surface area (Å²) in [5, 5.41) is 6.89. The van der Waals surface area contributed by atoms with Crippen LogP contribution in [0.1, 0.15) is 11.3 Å². The highest BCUT2D eigenvalue weighted by atomic mass is 32.2. The molecule has 8 heteroatoms. The van der Waals surface area contributed by atoms with Gasteiger partial charge in [-0.05, 0) is 49.4 Å². The van der Waals surface area contributed by atoms with Crippen molar-refractivity contribution in [3.05, 3.63) is 72.0 Å². The number of hydrogen-bond donors (Lipinski definition) is 1. The van der Waals surface area contributed by atoms with E-state index in [0.29, 0.717) is 29.0 Å². The highest BCUT2D eigenvalue weighted by Gasteiger charge is 2.15. The summed E-state index contributed by atoms with van der Waals surface area (Å²) in [7, 11) is 1.60. The monoisotopic (exact) mass is 435 g/mol. The van der Waals surface area contributed by atoms with Crippen molar-refractivity contribution in [1.82, 2.24) is 10.1 Å². The largest absolute Gasteiger partial charge is 0.497 e. The summed E-state index contributed by atoms with van der Waals surface area (Å²) in [5.41, 5.74) is 2.74. The molecular formula is C23H21N3O4S. The zero-order valence-corrected chi connectivity index (χ0v) is 17.9. The second kappa shape index (κ2) is 9.53. The molecule has 0 fully saturated rings. The number of carbonyl (C=O) groups excluding carboxylic acids is 1. The molecule has 2 heterocycles. The molecule has 2 aromatic carbocycles. The maximum absolute atomic E-state index is 12.1. The Hall–Kier alpha value is -3.52. The first kappa shape index (κ1) is 20.7. The van der Waals surface area contributed by atoms with E-state index in [0.717, 1.165) is 28.3 Å². The number of carbonyl (C=O) groups is 1. The van der Waals surface area contributed by atoms with E-state index in [1.807, 2.05) is 37.3 Å². The van der Waals surface area contributed by atoms with E-state index in [1.54, 1.807) is 37.4 Å². The molecule has 0 bridgehead atoms.